The Kier molecular flexibility index (Phi) is 2.34. The number of hydrogen-bond acceptors (Lipinski definition) is 5. The van der Waals surface area contributed by atoms with Crippen LogP contribution in [0.3, 0.4) is 0 Å². The van der Waals surface area contributed by atoms with Crippen LogP contribution in [0, 0.1) is 0 Å². The van der Waals surface area contributed by atoms with Crippen LogP contribution in [0.5, 0.6) is 0 Å². The molecule has 0 radical (unpaired) electrons. The summed E-state index contributed by atoms with van der Waals surface area (Å²) < 4.78 is 2.15. The average molecular weight is 258 g/mol. The third-order valence-corrected chi connectivity index (χ3v) is 4.59. The second-order valence-electron chi connectivity index (χ2n) is 3.49. The van der Waals surface area contributed by atoms with Crippen LogP contribution in [0.25, 0.3) is 10.3 Å². The van der Waals surface area contributed by atoms with Gasteiger partial charge in [-0.2, -0.15) is 4.98 Å². The van der Waals surface area contributed by atoms with Crippen molar-refractivity contribution >= 4 is 45.0 Å². The molecule has 1 fully saturated rings. The molecule has 0 bridgehead atoms. The van der Waals surface area contributed by atoms with E-state index in [1.165, 1.54) is 12.8 Å². The van der Waals surface area contributed by atoms with Crippen molar-refractivity contribution < 1.29 is 0 Å². The van der Waals surface area contributed by atoms with Crippen LogP contribution in [0.2, 0.25) is 5.28 Å². The average Bonchev–Trinajstić information content (AvgIpc) is 2.97. The summed E-state index contributed by atoms with van der Waals surface area (Å²) in [7, 11) is 0. The number of aromatic nitrogens is 3. The van der Waals surface area contributed by atoms with Gasteiger partial charge in [0.15, 0.2) is 9.99 Å². The maximum absolute atomic E-state index is 5.88. The van der Waals surface area contributed by atoms with Gasteiger partial charge < -0.3 is 0 Å². The first-order valence-corrected chi connectivity index (χ1v) is 7.08. The normalized spacial score (nSPS) is 16.1. The second kappa shape index (κ2) is 3.57. The van der Waals surface area contributed by atoms with Crippen molar-refractivity contribution in [3.8, 4) is 0 Å². The van der Waals surface area contributed by atoms with E-state index in [0.717, 1.165) is 20.4 Å². The molecule has 78 valence electrons. The first-order chi connectivity index (χ1) is 7.28. The van der Waals surface area contributed by atoms with Crippen molar-refractivity contribution in [2.24, 2.45) is 0 Å². The molecule has 15 heavy (non-hydrogen) atoms. The molecule has 0 amide bonds. The molecule has 2 aromatic rings. The Hall–Kier alpha value is -0.390. The minimum Gasteiger partial charge on any atom is -0.221 e. The highest BCUT2D eigenvalue weighted by molar-refractivity contribution is 8.00. The Balaban J connectivity index is 2.26. The monoisotopic (exact) mass is 257 g/mol. The maximum Gasteiger partial charge on any atom is 0.224 e. The highest BCUT2D eigenvalue weighted by Gasteiger charge is 2.29. The molecule has 0 unspecified atom stereocenters. The largest absolute Gasteiger partial charge is 0.224 e. The van der Waals surface area contributed by atoms with Gasteiger partial charge in [-0.05, 0) is 30.7 Å². The predicted octanol–water partition coefficient (Wildman–Crippen LogP) is 3.34. The topological polar surface area (TPSA) is 38.7 Å². The van der Waals surface area contributed by atoms with E-state index >= 15 is 0 Å². The van der Waals surface area contributed by atoms with Crippen LogP contribution < -0.4 is 0 Å². The number of rotatable bonds is 2. The van der Waals surface area contributed by atoms with Gasteiger partial charge in [-0.25, -0.2) is 9.97 Å². The summed E-state index contributed by atoms with van der Waals surface area (Å²) in [4.78, 5) is 12.9. The summed E-state index contributed by atoms with van der Waals surface area (Å²) in [6, 6.07) is 0. The van der Waals surface area contributed by atoms with Gasteiger partial charge in [-0.1, -0.05) is 11.8 Å². The van der Waals surface area contributed by atoms with Crippen molar-refractivity contribution in [3.63, 3.8) is 0 Å². The quantitative estimate of drug-likeness (QED) is 0.611. The van der Waals surface area contributed by atoms with E-state index in [0.29, 0.717) is 11.2 Å². The summed E-state index contributed by atoms with van der Waals surface area (Å²) in [5.74, 6) is 0.586. The fourth-order valence-electron chi connectivity index (χ4n) is 1.52. The molecule has 0 aliphatic heterocycles. The molecule has 6 heteroatoms. The number of nitrogens with zero attached hydrogens (tertiary/aromatic N) is 3. The van der Waals surface area contributed by atoms with Gasteiger partial charge >= 0.3 is 0 Å². The minimum absolute atomic E-state index is 0.322. The van der Waals surface area contributed by atoms with Crippen LogP contribution in [-0.4, -0.2) is 21.2 Å². The van der Waals surface area contributed by atoms with Gasteiger partial charge in [0.05, 0.1) is 10.4 Å². The number of thiazole rings is 1. The molecular formula is C9H8ClN3S2. The summed E-state index contributed by atoms with van der Waals surface area (Å²) in [5.41, 5.74) is 1.86. The fourth-order valence-corrected chi connectivity index (χ4v) is 3.26. The molecule has 1 aliphatic rings. The van der Waals surface area contributed by atoms with Crippen molar-refractivity contribution in [3.05, 3.63) is 11.0 Å². The zero-order chi connectivity index (χ0) is 10.4. The predicted molar refractivity (Wildman–Crippen MR) is 64.0 cm³/mol. The van der Waals surface area contributed by atoms with Gasteiger partial charge in [-0.15, -0.1) is 11.3 Å². The van der Waals surface area contributed by atoms with E-state index < -0.39 is 0 Å². The van der Waals surface area contributed by atoms with Crippen LogP contribution in [0.4, 0.5) is 0 Å². The van der Waals surface area contributed by atoms with E-state index in [1.807, 2.05) is 6.26 Å². The highest BCUT2D eigenvalue weighted by atomic mass is 35.5. The third kappa shape index (κ3) is 1.73. The molecule has 1 saturated carbocycles. The Bertz CT molecular complexity index is 521. The lowest BCUT2D eigenvalue weighted by Crippen LogP contribution is -1.91. The van der Waals surface area contributed by atoms with Gasteiger partial charge in [-0.3, -0.25) is 0 Å². The van der Waals surface area contributed by atoms with Crippen LogP contribution >= 0.6 is 34.7 Å². The lowest BCUT2D eigenvalue weighted by molar-refractivity contribution is 1.02. The Morgan fingerprint density at radius 2 is 2.13 bits per heavy atom. The summed E-state index contributed by atoms with van der Waals surface area (Å²) in [5, 5.41) is 0.322. The second-order valence-corrected chi connectivity index (χ2v) is 5.88. The maximum atomic E-state index is 5.88. The van der Waals surface area contributed by atoms with Gasteiger partial charge in [0, 0.05) is 5.92 Å². The molecule has 0 atom stereocenters. The Morgan fingerprint density at radius 3 is 2.80 bits per heavy atom. The van der Waals surface area contributed by atoms with Crippen LogP contribution in [-0.2, 0) is 0 Å². The first kappa shape index (κ1) is 9.81. The van der Waals surface area contributed by atoms with Crippen LogP contribution in [0.15, 0.2) is 4.34 Å². The SMILES string of the molecule is CSc1nc2nc(Cl)nc(C3CC3)c2s1. The van der Waals surface area contributed by atoms with E-state index in [2.05, 4.69) is 15.0 Å². The van der Waals surface area contributed by atoms with Crippen molar-refractivity contribution in [1.82, 2.24) is 15.0 Å². The fraction of sp³-hybridized carbons (Fsp3) is 0.444. The molecule has 3 nitrogen and oxygen atoms in total. The molecule has 0 aromatic carbocycles. The molecular weight excluding hydrogens is 250 g/mol. The van der Waals surface area contributed by atoms with E-state index in [9.17, 15) is 0 Å². The third-order valence-electron chi connectivity index (χ3n) is 2.37. The summed E-state index contributed by atoms with van der Waals surface area (Å²) in [6.07, 6.45) is 4.45. The summed E-state index contributed by atoms with van der Waals surface area (Å²) in [6.45, 7) is 0. The number of hydrogen-bond donors (Lipinski definition) is 0. The molecule has 2 heterocycles. The van der Waals surface area contributed by atoms with Crippen molar-refractivity contribution in [1.29, 1.82) is 0 Å². The van der Waals surface area contributed by atoms with Gasteiger partial charge in [0.25, 0.3) is 0 Å². The standard InChI is InChI=1S/C9H8ClN3S2/c1-14-9-13-7-6(15-9)5(4-2-3-4)11-8(10)12-7/h4H,2-3H2,1H3. The van der Waals surface area contributed by atoms with E-state index in [4.69, 9.17) is 11.6 Å². The Morgan fingerprint density at radius 1 is 1.33 bits per heavy atom. The lowest BCUT2D eigenvalue weighted by Gasteiger charge is -1.97. The number of fused-ring (bicyclic) bond motifs is 1. The molecule has 2 aromatic heterocycles. The minimum atomic E-state index is 0.322. The van der Waals surface area contributed by atoms with Crippen molar-refractivity contribution in [2.45, 2.75) is 23.1 Å². The van der Waals surface area contributed by atoms with Gasteiger partial charge in [0.2, 0.25) is 5.28 Å². The van der Waals surface area contributed by atoms with E-state index in [-0.39, 0.29) is 0 Å². The number of thioether (sulfide) groups is 1. The van der Waals surface area contributed by atoms with Gasteiger partial charge in [0.1, 0.15) is 0 Å². The smallest absolute Gasteiger partial charge is 0.221 e. The van der Waals surface area contributed by atoms with E-state index in [1.54, 1.807) is 23.1 Å². The van der Waals surface area contributed by atoms with Crippen molar-refractivity contribution in [2.75, 3.05) is 6.26 Å². The summed E-state index contributed by atoms with van der Waals surface area (Å²) >= 11 is 9.19. The number of halogens is 1. The molecule has 0 saturated heterocycles. The lowest BCUT2D eigenvalue weighted by atomic mass is 10.3. The molecule has 1 aliphatic carbocycles. The molecule has 0 N–H and O–H groups in total. The first-order valence-electron chi connectivity index (χ1n) is 4.66. The Labute approximate surface area is 100 Å². The zero-order valence-corrected chi connectivity index (χ0v) is 10.4. The molecule has 3 rings (SSSR count). The molecule has 0 spiro atoms. The van der Waals surface area contributed by atoms with Crippen LogP contribution in [0.1, 0.15) is 24.5 Å². The highest BCUT2D eigenvalue weighted by Crippen LogP contribution is 2.44. The zero-order valence-electron chi connectivity index (χ0n) is 8.03.